The van der Waals surface area contributed by atoms with E-state index in [1.54, 1.807) is 19.1 Å². The van der Waals surface area contributed by atoms with Gasteiger partial charge < -0.3 is 5.32 Å². The molecule has 0 saturated carbocycles. The molecule has 0 bridgehead atoms. The number of carbonyl (C=O) groups excluding carboxylic acids is 1. The lowest BCUT2D eigenvalue weighted by molar-refractivity contribution is 0.102. The minimum atomic E-state index is -1.29. The molecule has 3 nitrogen and oxygen atoms in total. The average Bonchev–Trinajstić information content (AvgIpc) is 2.37. The predicted molar refractivity (Wildman–Crippen MR) is 71.0 cm³/mol. The van der Waals surface area contributed by atoms with Crippen molar-refractivity contribution in [2.24, 2.45) is 0 Å². The molecule has 0 unspecified atom stereocenters. The summed E-state index contributed by atoms with van der Waals surface area (Å²) in [7, 11) is 0. The number of anilines is 1. The van der Waals surface area contributed by atoms with E-state index in [0.717, 1.165) is 22.3 Å². The van der Waals surface area contributed by atoms with Crippen LogP contribution in [0.3, 0.4) is 0 Å². The molecule has 0 aliphatic rings. The van der Waals surface area contributed by atoms with E-state index in [1.165, 1.54) is 0 Å². The van der Waals surface area contributed by atoms with E-state index in [4.69, 9.17) is 0 Å². The molecule has 0 saturated heterocycles. The third-order valence-electron chi connectivity index (χ3n) is 2.54. The number of halogens is 3. The van der Waals surface area contributed by atoms with E-state index >= 15 is 0 Å². The lowest BCUT2D eigenvalue weighted by Crippen LogP contribution is -2.15. The number of nitrogens with zero attached hydrogens (tertiary/aromatic N) is 1. The predicted octanol–water partition coefficient (Wildman–Crippen LogP) is 3.68. The maximum atomic E-state index is 13.4. The summed E-state index contributed by atoms with van der Waals surface area (Å²) in [5, 5.41) is 2.53. The second-order valence-electron chi connectivity index (χ2n) is 3.88. The molecule has 19 heavy (non-hydrogen) atoms. The molecule has 1 heterocycles. The van der Waals surface area contributed by atoms with Crippen molar-refractivity contribution in [3.63, 3.8) is 0 Å². The lowest BCUT2D eigenvalue weighted by atomic mass is 10.2. The normalized spacial score (nSPS) is 10.3. The molecule has 0 radical (unpaired) electrons. The van der Waals surface area contributed by atoms with Crippen LogP contribution in [0, 0.1) is 18.7 Å². The first-order chi connectivity index (χ1) is 8.99. The Balaban J connectivity index is 2.31. The summed E-state index contributed by atoms with van der Waals surface area (Å²) in [6.07, 6.45) is 1.04. The molecular weight excluding hydrogens is 318 g/mol. The minimum Gasteiger partial charge on any atom is -0.322 e. The molecule has 98 valence electrons. The van der Waals surface area contributed by atoms with Crippen molar-refractivity contribution in [2.75, 3.05) is 5.32 Å². The number of aromatic nitrogens is 1. The van der Waals surface area contributed by atoms with E-state index in [0.29, 0.717) is 5.69 Å². The number of carbonyl (C=O) groups is 1. The summed E-state index contributed by atoms with van der Waals surface area (Å²) in [5.41, 5.74) is 0.953. The zero-order valence-electron chi connectivity index (χ0n) is 9.88. The Hall–Kier alpha value is -1.82. The van der Waals surface area contributed by atoms with Crippen molar-refractivity contribution in [1.82, 2.24) is 4.98 Å². The van der Waals surface area contributed by atoms with Gasteiger partial charge in [-0.05, 0) is 30.7 Å². The maximum absolute atomic E-state index is 13.4. The molecule has 6 heteroatoms. The van der Waals surface area contributed by atoms with Crippen LogP contribution in [-0.4, -0.2) is 10.9 Å². The summed E-state index contributed by atoms with van der Waals surface area (Å²) < 4.78 is 27.1. The highest BCUT2D eigenvalue weighted by molar-refractivity contribution is 9.10. The van der Waals surface area contributed by atoms with Gasteiger partial charge in [0.1, 0.15) is 0 Å². The zero-order chi connectivity index (χ0) is 14.0. The largest absolute Gasteiger partial charge is 0.322 e. The standard InChI is InChI=1S/C13H9BrF2N2O/c1-7-2-3-8(14)6-10(7)18-13(19)9-4-5-17-12(16)11(9)15/h2-6H,1H3,(H,18,19). The monoisotopic (exact) mass is 326 g/mol. The van der Waals surface area contributed by atoms with Gasteiger partial charge in [0.05, 0.1) is 5.56 Å². The number of amides is 1. The van der Waals surface area contributed by atoms with Gasteiger partial charge in [-0.3, -0.25) is 4.79 Å². The van der Waals surface area contributed by atoms with Gasteiger partial charge in [-0.2, -0.15) is 4.39 Å². The van der Waals surface area contributed by atoms with Crippen molar-refractivity contribution in [3.8, 4) is 0 Å². The Bertz CT molecular complexity index is 647. The van der Waals surface area contributed by atoms with Crippen molar-refractivity contribution < 1.29 is 13.6 Å². The van der Waals surface area contributed by atoms with Gasteiger partial charge in [0.15, 0.2) is 5.82 Å². The van der Waals surface area contributed by atoms with Gasteiger partial charge in [0.2, 0.25) is 5.95 Å². The highest BCUT2D eigenvalue weighted by atomic mass is 79.9. The minimum absolute atomic E-state index is 0.383. The first kappa shape index (κ1) is 13.6. The molecule has 0 fully saturated rings. The molecule has 0 aliphatic carbocycles. The Morgan fingerprint density at radius 3 is 2.79 bits per heavy atom. The third kappa shape index (κ3) is 2.96. The maximum Gasteiger partial charge on any atom is 0.258 e. The average molecular weight is 327 g/mol. The Morgan fingerprint density at radius 1 is 1.32 bits per heavy atom. The summed E-state index contributed by atoms with van der Waals surface area (Å²) in [6.45, 7) is 1.80. The van der Waals surface area contributed by atoms with Gasteiger partial charge in [-0.15, -0.1) is 0 Å². The summed E-state index contributed by atoms with van der Waals surface area (Å²) in [5.74, 6) is -3.27. The molecular formula is C13H9BrF2N2O. The fourth-order valence-electron chi connectivity index (χ4n) is 1.51. The fourth-order valence-corrected chi connectivity index (χ4v) is 1.87. The van der Waals surface area contributed by atoms with Crippen LogP contribution in [0.15, 0.2) is 34.9 Å². The van der Waals surface area contributed by atoms with E-state index in [1.807, 2.05) is 6.07 Å². The molecule has 1 N–H and O–H groups in total. The van der Waals surface area contributed by atoms with Crippen molar-refractivity contribution in [2.45, 2.75) is 6.92 Å². The molecule has 2 aromatic rings. The number of benzene rings is 1. The third-order valence-corrected chi connectivity index (χ3v) is 3.03. The second kappa shape index (κ2) is 5.44. The van der Waals surface area contributed by atoms with Crippen LogP contribution in [-0.2, 0) is 0 Å². The molecule has 1 aromatic heterocycles. The van der Waals surface area contributed by atoms with Gasteiger partial charge in [0.25, 0.3) is 5.91 Å². The van der Waals surface area contributed by atoms with Gasteiger partial charge >= 0.3 is 0 Å². The zero-order valence-corrected chi connectivity index (χ0v) is 11.5. The van der Waals surface area contributed by atoms with Gasteiger partial charge in [-0.25, -0.2) is 9.37 Å². The number of nitrogens with one attached hydrogen (secondary N) is 1. The summed E-state index contributed by atoms with van der Waals surface area (Å²) >= 11 is 3.27. The van der Waals surface area contributed by atoms with E-state index < -0.39 is 17.7 Å². The first-order valence-electron chi connectivity index (χ1n) is 5.36. The first-order valence-corrected chi connectivity index (χ1v) is 6.16. The van der Waals surface area contributed by atoms with Crippen molar-refractivity contribution >= 4 is 27.5 Å². The Morgan fingerprint density at radius 2 is 2.05 bits per heavy atom. The van der Waals surface area contributed by atoms with Crippen LogP contribution in [0.25, 0.3) is 0 Å². The smallest absolute Gasteiger partial charge is 0.258 e. The topological polar surface area (TPSA) is 42.0 Å². The fraction of sp³-hybridized carbons (Fsp3) is 0.0769. The van der Waals surface area contributed by atoms with Crippen LogP contribution in [0.4, 0.5) is 14.5 Å². The number of rotatable bonds is 2. The second-order valence-corrected chi connectivity index (χ2v) is 4.79. The Kier molecular flexibility index (Phi) is 3.90. The van der Waals surface area contributed by atoms with Crippen LogP contribution < -0.4 is 5.32 Å². The summed E-state index contributed by atoms with van der Waals surface area (Å²) in [6, 6.07) is 6.42. The lowest BCUT2D eigenvalue weighted by Gasteiger charge is -2.09. The number of pyridine rings is 1. The Labute approximate surface area is 116 Å². The molecule has 1 amide bonds. The number of hydrogen-bond acceptors (Lipinski definition) is 2. The van der Waals surface area contributed by atoms with E-state index in [-0.39, 0.29) is 5.56 Å². The quantitative estimate of drug-likeness (QED) is 0.855. The molecule has 0 aliphatic heterocycles. The van der Waals surface area contributed by atoms with E-state index in [2.05, 4.69) is 26.2 Å². The van der Waals surface area contributed by atoms with Crippen LogP contribution >= 0.6 is 15.9 Å². The van der Waals surface area contributed by atoms with Crippen LogP contribution in [0.1, 0.15) is 15.9 Å². The highest BCUT2D eigenvalue weighted by Gasteiger charge is 2.16. The van der Waals surface area contributed by atoms with Crippen LogP contribution in [0.5, 0.6) is 0 Å². The van der Waals surface area contributed by atoms with Crippen molar-refractivity contribution in [1.29, 1.82) is 0 Å². The van der Waals surface area contributed by atoms with Gasteiger partial charge in [0, 0.05) is 16.4 Å². The van der Waals surface area contributed by atoms with Crippen molar-refractivity contribution in [3.05, 3.63) is 57.8 Å². The van der Waals surface area contributed by atoms with Gasteiger partial charge in [-0.1, -0.05) is 22.0 Å². The van der Waals surface area contributed by atoms with Crippen LogP contribution in [0.2, 0.25) is 0 Å². The molecule has 0 spiro atoms. The number of hydrogen-bond donors (Lipinski definition) is 1. The van der Waals surface area contributed by atoms with E-state index in [9.17, 15) is 13.6 Å². The summed E-state index contributed by atoms with van der Waals surface area (Å²) in [4.78, 5) is 15.0. The molecule has 1 aromatic carbocycles. The number of aryl methyl sites for hydroxylation is 1. The highest BCUT2D eigenvalue weighted by Crippen LogP contribution is 2.21. The SMILES string of the molecule is Cc1ccc(Br)cc1NC(=O)c1ccnc(F)c1F. The molecule has 0 atom stereocenters. The molecule has 2 rings (SSSR count).